The number of ether oxygens (including phenoxy) is 1. The standard InChI is InChI=1S/C14H30O.C6H5F/c1-3-5-7-9-11-13-15-14-12-10-8-6-4-2;7-6-4-2-1-3-5-6/h3-14H2,1-2H3;1-5H. The lowest BCUT2D eigenvalue weighted by atomic mass is 10.1. The largest absolute Gasteiger partial charge is 0.381 e. The van der Waals surface area contributed by atoms with Gasteiger partial charge in [0, 0.05) is 13.2 Å². The Morgan fingerprint density at radius 2 is 1.14 bits per heavy atom. The van der Waals surface area contributed by atoms with Crippen LogP contribution in [0.25, 0.3) is 0 Å². The maximum atomic E-state index is 11.9. The van der Waals surface area contributed by atoms with Gasteiger partial charge in [-0.15, -0.1) is 0 Å². The minimum Gasteiger partial charge on any atom is -0.381 e. The summed E-state index contributed by atoms with van der Waals surface area (Å²) >= 11 is 0. The van der Waals surface area contributed by atoms with Crippen LogP contribution in [0.2, 0.25) is 0 Å². The molecule has 1 aromatic rings. The molecule has 1 rings (SSSR count). The van der Waals surface area contributed by atoms with E-state index in [1.165, 1.54) is 76.3 Å². The highest BCUT2D eigenvalue weighted by atomic mass is 19.1. The highest BCUT2D eigenvalue weighted by Gasteiger charge is 1.91. The van der Waals surface area contributed by atoms with Crippen molar-refractivity contribution in [2.45, 2.75) is 78.1 Å². The lowest BCUT2D eigenvalue weighted by Crippen LogP contribution is -1.97. The molecule has 0 aliphatic heterocycles. The third-order valence-electron chi connectivity index (χ3n) is 3.52. The zero-order valence-electron chi connectivity index (χ0n) is 14.7. The molecule has 0 aromatic heterocycles. The predicted molar refractivity (Wildman–Crippen MR) is 94.7 cm³/mol. The van der Waals surface area contributed by atoms with Crippen molar-refractivity contribution in [3.05, 3.63) is 36.1 Å². The summed E-state index contributed by atoms with van der Waals surface area (Å²) in [5, 5.41) is 0. The van der Waals surface area contributed by atoms with Crippen LogP contribution in [0.5, 0.6) is 0 Å². The van der Waals surface area contributed by atoms with E-state index in [-0.39, 0.29) is 5.82 Å². The molecule has 128 valence electrons. The summed E-state index contributed by atoms with van der Waals surface area (Å²) in [4.78, 5) is 0. The number of benzene rings is 1. The van der Waals surface area contributed by atoms with Crippen molar-refractivity contribution in [2.75, 3.05) is 13.2 Å². The number of hydrogen-bond acceptors (Lipinski definition) is 1. The van der Waals surface area contributed by atoms with Gasteiger partial charge in [0.25, 0.3) is 0 Å². The second kappa shape index (κ2) is 18.2. The smallest absolute Gasteiger partial charge is 0.123 e. The molecule has 0 aliphatic rings. The van der Waals surface area contributed by atoms with Crippen molar-refractivity contribution >= 4 is 0 Å². The molecular formula is C20H35FO. The van der Waals surface area contributed by atoms with Gasteiger partial charge in [-0.1, -0.05) is 83.4 Å². The first-order chi connectivity index (χ1) is 10.8. The zero-order chi connectivity index (χ0) is 16.3. The molecule has 0 saturated carbocycles. The van der Waals surface area contributed by atoms with E-state index in [0.29, 0.717) is 0 Å². The summed E-state index contributed by atoms with van der Waals surface area (Å²) in [6.07, 6.45) is 13.4. The average molecular weight is 310 g/mol. The van der Waals surface area contributed by atoms with Gasteiger partial charge >= 0.3 is 0 Å². The van der Waals surface area contributed by atoms with Crippen molar-refractivity contribution in [3.63, 3.8) is 0 Å². The third kappa shape index (κ3) is 17.2. The van der Waals surface area contributed by atoms with Gasteiger partial charge in [0.2, 0.25) is 0 Å². The summed E-state index contributed by atoms with van der Waals surface area (Å²) in [6, 6.07) is 7.94. The van der Waals surface area contributed by atoms with E-state index in [0.717, 1.165) is 13.2 Å². The Kier molecular flexibility index (Phi) is 17.4. The quantitative estimate of drug-likeness (QED) is 0.387. The first-order valence-corrected chi connectivity index (χ1v) is 9.09. The Balaban J connectivity index is 0.000000518. The predicted octanol–water partition coefficient (Wildman–Crippen LogP) is 6.77. The number of halogens is 1. The van der Waals surface area contributed by atoms with E-state index < -0.39 is 0 Å². The third-order valence-corrected chi connectivity index (χ3v) is 3.52. The van der Waals surface area contributed by atoms with Gasteiger partial charge in [-0.2, -0.15) is 0 Å². The second-order valence-corrected chi connectivity index (χ2v) is 5.74. The molecule has 0 saturated heterocycles. The average Bonchev–Trinajstić information content (AvgIpc) is 2.54. The fourth-order valence-corrected chi connectivity index (χ4v) is 2.13. The molecule has 0 aliphatic carbocycles. The van der Waals surface area contributed by atoms with Gasteiger partial charge in [-0.25, -0.2) is 4.39 Å². The van der Waals surface area contributed by atoms with Gasteiger partial charge in [0.05, 0.1) is 0 Å². The van der Waals surface area contributed by atoms with Crippen LogP contribution in [-0.4, -0.2) is 13.2 Å². The molecule has 1 nitrogen and oxygen atoms in total. The summed E-state index contributed by atoms with van der Waals surface area (Å²) in [6.45, 7) is 6.48. The molecule has 0 atom stereocenters. The van der Waals surface area contributed by atoms with Gasteiger partial charge in [-0.05, 0) is 25.0 Å². The van der Waals surface area contributed by atoms with Crippen molar-refractivity contribution in [1.29, 1.82) is 0 Å². The molecule has 0 N–H and O–H groups in total. The van der Waals surface area contributed by atoms with Gasteiger partial charge in [0.1, 0.15) is 5.82 Å². The van der Waals surface area contributed by atoms with Crippen LogP contribution in [-0.2, 0) is 4.74 Å². The SMILES string of the molecule is CCCCCCCOCCCCCCC.Fc1ccccc1. The molecule has 0 heterocycles. The molecule has 0 amide bonds. The first kappa shape index (κ1) is 21.1. The van der Waals surface area contributed by atoms with E-state index >= 15 is 0 Å². The van der Waals surface area contributed by atoms with Crippen molar-refractivity contribution in [2.24, 2.45) is 0 Å². The topological polar surface area (TPSA) is 9.23 Å². The first-order valence-electron chi connectivity index (χ1n) is 9.09. The maximum Gasteiger partial charge on any atom is 0.123 e. The molecular weight excluding hydrogens is 275 g/mol. The fourth-order valence-electron chi connectivity index (χ4n) is 2.13. The number of hydrogen-bond donors (Lipinski definition) is 0. The van der Waals surface area contributed by atoms with Gasteiger partial charge in [0.15, 0.2) is 0 Å². The van der Waals surface area contributed by atoms with Crippen LogP contribution >= 0.6 is 0 Å². The van der Waals surface area contributed by atoms with Crippen LogP contribution in [0.4, 0.5) is 4.39 Å². The molecule has 0 bridgehead atoms. The van der Waals surface area contributed by atoms with E-state index in [2.05, 4.69) is 13.8 Å². The summed E-state index contributed by atoms with van der Waals surface area (Å²) in [7, 11) is 0. The van der Waals surface area contributed by atoms with Crippen molar-refractivity contribution in [3.8, 4) is 0 Å². The Hall–Kier alpha value is -0.890. The summed E-state index contributed by atoms with van der Waals surface area (Å²) in [5.74, 6) is -0.178. The molecule has 0 radical (unpaired) electrons. The van der Waals surface area contributed by atoms with Crippen molar-refractivity contribution < 1.29 is 9.13 Å². The maximum absolute atomic E-state index is 11.9. The zero-order valence-corrected chi connectivity index (χ0v) is 14.7. The fraction of sp³-hybridized carbons (Fsp3) is 0.700. The molecule has 2 heteroatoms. The molecule has 0 fully saturated rings. The van der Waals surface area contributed by atoms with Crippen LogP contribution in [0.15, 0.2) is 30.3 Å². The monoisotopic (exact) mass is 310 g/mol. The Labute approximate surface area is 137 Å². The molecule has 0 unspecified atom stereocenters. The molecule has 22 heavy (non-hydrogen) atoms. The Morgan fingerprint density at radius 1 is 0.682 bits per heavy atom. The lowest BCUT2D eigenvalue weighted by Gasteiger charge is -2.03. The van der Waals surface area contributed by atoms with Crippen LogP contribution in [0, 0.1) is 5.82 Å². The van der Waals surface area contributed by atoms with Gasteiger partial charge in [-0.3, -0.25) is 0 Å². The normalized spacial score (nSPS) is 10.1. The molecule has 0 spiro atoms. The Morgan fingerprint density at radius 3 is 1.50 bits per heavy atom. The summed E-state index contributed by atoms with van der Waals surface area (Å²) in [5.41, 5.74) is 0. The molecule has 1 aromatic carbocycles. The van der Waals surface area contributed by atoms with E-state index in [4.69, 9.17) is 4.74 Å². The Bertz CT molecular complexity index is 288. The second-order valence-electron chi connectivity index (χ2n) is 5.74. The highest BCUT2D eigenvalue weighted by Crippen LogP contribution is 2.04. The van der Waals surface area contributed by atoms with E-state index in [9.17, 15) is 4.39 Å². The number of unbranched alkanes of at least 4 members (excludes halogenated alkanes) is 8. The van der Waals surface area contributed by atoms with Gasteiger partial charge < -0.3 is 4.74 Å². The van der Waals surface area contributed by atoms with E-state index in [1.54, 1.807) is 18.2 Å². The highest BCUT2D eigenvalue weighted by molar-refractivity contribution is 5.02. The number of rotatable bonds is 12. The van der Waals surface area contributed by atoms with Crippen molar-refractivity contribution in [1.82, 2.24) is 0 Å². The van der Waals surface area contributed by atoms with E-state index in [1.807, 2.05) is 0 Å². The lowest BCUT2D eigenvalue weighted by molar-refractivity contribution is 0.125. The summed E-state index contributed by atoms with van der Waals surface area (Å²) < 4.78 is 17.5. The minimum absolute atomic E-state index is 0.178. The minimum atomic E-state index is -0.178. The van der Waals surface area contributed by atoms with Crippen LogP contribution < -0.4 is 0 Å². The van der Waals surface area contributed by atoms with Crippen LogP contribution in [0.3, 0.4) is 0 Å². The van der Waals surface area contributed by atoms with Crippen LogP contribution in [0.1, 0.15) is 78.1 Å².